The van der Waals surface area contributed by atoms with Crippen LogP contribution < -0.4 is 14.8 Å². The molecule has 0 aliphatic carbocycles. The van der Waals surface area contributed by atoms with Gasteiger partial charge in [0.2, 0.25) is 5.91 Å². The average molecular weight is 371 g/mol. The van der Waals surface area contributed by atoms with Gasteiger partial charge in [0.1, 0.15) is 0 Å². The molecule has 2 N–H and O–H groups in total. The van der Waals surface area contributed by atoms with E-state index in [1.807, 2.05) is 37.3 Å². The molecule has 0 bridgehead atoms. The smallest absolute Gasteiger partial charge is 0.303 e. The van der Waals surface area contributed by atoms with Crippen molar-refractivity contribution in [2.24, 2.45) is 5.92 Å². The first kappa shape index (κ1) is 20.3. The second kappa shape index (κ2) is 9.62. The molecule has 0 heterocycles. The van der Waals surface area contributed by atoms with Gasteiger partial charge in [0, 0.05) is 18.0 Å². The summed E-state index contributed by atoms with van der Waals surface area (Å²) in [4.78, 5) is 23.1. The number of carbonyl (C=O) groups excluding carboxylic acids is 1. The molecule has 6 nitrogen and oxygen atoms in total. The topological polar surface area (TPSA) is 84.9 Å². The minimum atomic E-state index is -0.823. The van der Waals surface area contributed by atoms with E-state index >= 15 is 0 Å². The van der Waals surface area contributed by atoms with Crippen molar-refractivity contribution in [1.29, 1.82) is 0 Å². The molecular formula is C21H25NO5. The van der Waals surface area contributed by atoms with E-state index in [2.05, 4.69) is 5.32 Å². The van der Waals surface area contributed by atoms with Crippen LogP contribution in [0.1, 0.15) is 24.5 Å². The van der Waals surface area contributed by atoms with E-state index in [1.54, 1.807) is 26.4 Å². The number of ether oxygens (including phenoxy) is 2. The number of carboxylic acid groups (broad SMARTS) is 1. The van der Waals surface area contributed by atoms with Gasteiger partial charge in [-0.25, -0.2) is 0 Å². The SMILES string of the molecule is COc1ccc(CC(C)C(=O)Nc2ccc(CCC(=O)O)cc2)cc1OC. The Morgan fingerprint density at radius 2 is 1.63 bits per heavy atom. The van der Waals surface area contributed by atoms with Crippen LogP contribution in [-0.2, 0) is 22.4 Å². The maximum absolute atomic E-state index is 12.4. The maximum atomic E-state index is 12.4. The molecule has 1 atom stereocenters. The fourth-order valence-electron chi connectivity index (χ4n) is 2.73. The molecule has 1 amide bonds. The first-order chi connectivity index (χ1) is 12.9. The van der Waals surface area contributed by atoms with E-state index < -0.39 is 5.97 Å². The number of amides is 1. The second-order valence-electron chi connectivity index (χ2n) is 6.37. The molecule has 0 radical (unpaired) electrons. The van der Waals surface area contributed by atoms with Crippen molar-refractivity contribution in [1.82, 2.24) is 0 Å². The summed E-state index contributed by atoms with van der Waals surface area (Å²) < 4.78 is 10.5. The number of anilines is 1. The van der Waals surface area contributed by atoms with Crippen molar-refractivity contribution >= 4 is 17.6 Å². The normalized spacial score (nSPS) is 11.5. The predicted molar refractivity (Wildman–Crippen MR) is 103 cm³/mol. The summed E-state index contributed by atoms with van der Waals surface area (Å²) in [6.45, 7) is 1.87. The first-order valence-corrected chi connectivity index (χ1v) is 8.75. The van der Waals surface area contributed by atoms with E-state index in [9.17, 15) is 9.59 Å². The number of hydrogen-bond acceptors (Lipinski definition) is 4. The molecule has 0 fully saturated rings. The summed E-state index contributed by atoms with van der Waals surface area (Å²) in [6.07, 6.45) is 1.14. The zero-order valence-electron chi connectivity index (χ0n) is 15.8. The van der Waals surface area contributed by atoms with Crippen molar-refractivity contribution < 1.29 is 24.2 Å². The molecule has 2 aromatic rings. The molecule has 0 saturated heterocycles. The molecule has 0 saturated carbocycles. The summed E-state index contributed by atoms with van der Waals surface area (Å²) in [6, 6.07) is 12.9. The summed E-state index contributed by atoms with van der Waals surface area (Å²) >= 11 is 0. The Bertz CT molecular complexity index is 786. The minimum absolute atomic E-state index is 0.0805. The first-order valence-electron chi connectivity index (χ1n) is 8.75. The van der Waals surface area contributed by atoms with Crippen molar-refractivity contribution in [3.63, 3.8) is 0 Å². The van der Waals surface area contributed by atoms with Crippen LogP contribution in [0.5, 0.6) is 11.5 Å². The quantitative estimate of drug-likeness (QED) is 0.704. The molecule has 6 heteroatoms. The zero-order valence-corrected chi connectivity index (χ0v) is 15.8. The van der Waals surface area contributed by atoms with Gasteiger partial charge in [-0.1, -0.05) is 25.1 Å². The summed E-state index contributed by atoms with van der Waals surface area (Å²) in [5, 5.41) is 11.6. The average Bonchev–Trinajstić information content (AvgIpc) is 2.67. The number of hydrogen-bond donors (Lipinski definition) is 2. The highest BCUT2D eigenvalue weighted by Gasteiger charge is 2.15. The maximum Gasteiger partial charge on any atom is 0.303 e. The number of carboxylic acids is 1. The van der Waals surface area contributed by atoms with E-state index in [4.69, 9.17) is 14.6 Å². The third-order valence-corrected chi connectivity index (χ3v) is 4.29. The Labute approximate surface area is 159 Å². The number of nitrogens with one attached hydrogen (secondary N) is 1. The third-order valence-electron chi connectivity index (χ3n) is 4.29. The monoisotopic (exact) mass is 371 g/mol. The molecular weight excluding hydrogens is 346 g/mol. The number of benzene rings is 2. The Morgan fingerprint density at radius 1 is 1.00 bits per heavy atom. The number of rotatable bonds is 9. The van der Waals surface area contributed by atoms with E-state index in [0.717, 1.165) is 11.1 Å². The van der Waals surface area contributed by atoms with Gasteiger partial charge in [-0.2, -0.15) is 0 Å². The van der Waals surface area contributed by atoms with Gasteiger partial charge in [-0.05, 0) is 48.2 Å². The zero-order chi connectivity index (χ0) is 19.8. The van der Waals surface area contributed by atoms with Crippen molar-refractivity contribution in [3.05, 3.63) is 53.6 Å². The summed E-state index contributed by atoms with van der Waals surface area (Å²) in [5.41, 5.74) is 2.60. The Morgan fingerprint density at radius 3 is 2.22 bits per heavy atom. The van der Waals surface area contributed by atoms with Crippen LogP contribution >= 0.6 is 0 Å². The Balaban J connectivity index is 1.94. The van der Waals surface area contributed by atoms with Gasteiger partial charge >= 0.3 is 5.97 Å². The molecule has 144 valence electrons. The second-order valence-corrected chi connectivity index (χ2v) is 6.37. The highest BCUT2D eigenvalue weighted by Crippen LogP contribution is 2.28. The van der Waals surface area contributed by atoms with Crippen LogP contribution in [0.4, 0.5) is 5.69 Å². The van der Waals surface area contributed by atoms with Gasteiger partial charge in [0.05, 0.1) is 14.2 Å². The molecule has 0 aromatic heterocycles. The number of aryl methyl sites for hydroxylation is 1. The van der Waals surface area contributed by atoms with Crippen LogP contribution in [0.3, 0.4) is 0 Å². The summed E-state index contributed by atoms with van der Waals surface area (Å²) in [5.74, 6) is 0.162. The van der Waals surface area contributed by atoms with Crippen LogP contribution in [-0.4, -0.2) is 31.2 Å². The number of aliphatic carboxylic acids is 1. The van der Waals surface area contributed by atoms with Crippen LogP contribution in [0.15, 0.2) is 42.5 Å². The minimum Gasteiger partial charge on any atom is -0.493 e. The standard InChI is InChI=1S/C21H25NO5/c1-14(12-16-6-10-18(26-2)19(13-16)27-3)21(25)22-17-8-4-15(5-9-17)7-11-20(23)24/h4-6,8-10,13-14H,7,11-12H2,1-3H3,(H,22,25)(H,23,24). The highest BCUT2D eigenvalue weighted by molar-refractivity contribution is 5.92. The van der Waals surface area contributed by atoms with Crippen molar-refractivity contribution in [2.45, 2.75) is 26.2 Å². The lowest BCUT2D eigenvalue weighted by atomic mass is 9.99. The van der Waals surface area contributed by atoms with Crippen LogP contribution in [0, 0.1) is 5.92 Å². The highest BCUT2D eigenvalue weighted by atomic mass is 16.5. The van der Waals surface area contributed by atoms with E-state index in [-0.39, 0.29) is 18.2 Å². The lowest BCUT2D eigenvalue weighted by molar-refractivity contribution is -0.137. The van der Waals surface area contributed by atoms with Gasteiger partial charge in [-0.3, -0.25) is 9.59 Å². The molecule has 0 aliphatic heterocycles. The Hall–Kier alpha value is -3.02. The molecule has 0 aliphatic rings. The Kier molecular flexibility index (Phi) is 7.23. The van der Waals surface area contributed by atoms with Crippen molar-refractivity contribution in [2.75, 3.05) is 19.5 Å². The van der Waals surface area contributed by atoms with E-state index in [0.29, 0.717) is 30.0 Å². The van der Waals surface area contributed by atoms with Crippen molar-refractivity contribution in [3.8, 4) is 11.5 Å². The molecule has 2 rings (SSSR count). The molecule has 1 unspecified atom stereocenters. The fourth-order valence-corrected chi connectivity index (χ4v) is 2.73. The number of carbonyl (C=O) groups is 2. The largest absolute Gasteiger partial charge is 0.493 e. The molecule has 27 heavy (non-hydrogen) atoms. The fraction of sp³-hybridized carbons (Fsp3) is 0.333. The van der Waals surface area contributed by atoms with Gasteiger partial charge < -0.3 is 19.9 Å². The third kappa shape index (κ3) is 6.02. The lowest BCUT2D eigenvalue weighted by Gasteiger charge is -2.14. The number of methoxy groups -OCH3 is 2. The van der Waals surface area contributed by atoms with Gasteiger partial charge in [0.15, 0.2) is 11.5 Å². The predicted octanol–water partition coefficient (Wildman–Crippen LogP) is 3.54. The van der Waals surface area contributed by atoms with Gasteiger partial charge in [-0.15, -0.1) is 0 Å². The summed E-state index contributed by atoms with van der Waals surface area (Å²) in [7, 11) is 3.17. The molecule has 2 aromatic carbocycles. The lowest BCUT2D eigenvalue weighted by Crippen LogP contribution is -2.22. The molecule has 0 spiro atoms. The van der Waals surface area contributed by atoms with Gasteiger partial charge in [0.25, 0.3) is 0 Å². The van der Waals surface area contributed by atoms with Crippen LogP contribution in [0.2, 0.25) is 0 Å². The van der Waals surface area contributed by atoms with Crippen LogP contribution in [0.25, 0.3) is 0 Å². The van der Waals surface area contributed by atoms with E-state index in [1.165, 1.54) is 0 Å².